The van der Waals surface area contributed by atoms with Crippen LogP contribution in [0.3, 0.4) is 0 Å². The van der Waals surface area contributed by atoms with E-state index < -0.39 is 0 Å². The number of fused-ring (bicyclic) bond motifs is 1. The highest BCUT2D eigenvalue weighted by atomic mass is 79.9. The molecule has 1 N–H and O–H groups in total. The average molecular weight is 442 g/mol. The van der Waals surface area contributed by atoms with Gasteiger partial charge in [0.15, 0.2) is 5.16 Å². The number of carbonyl (C=O) groups is 1. The van der Waals surface area contributed by atoms with Gasteiger partial charge in [-0.2, -0.15) is 0 Å². The van der Waals surface area contributed by atoms with Crippen LogP contribution >= 0.6 is 27.7 Å². The van der Waals surface area contributed by atoms with Gasteiger partial charge in [-0.15, -0.1) is 0 Å². The number of nitrogens with zero attached hydrogens (tertiary/aromatic N) is 2. The van der Waals surface area contributed by atoms with Crippen molar-refractivity contribution in [1.82, 2.24) is 14.9 Å². The van der Waals surface area contributed by atoms with Crippen LogP contribution in [0.25, 0.3) is 10.9 Å². The molecule has 0 aliphatic heterocycles. The maximum atomic E-state index is 12.9. The van der Waals surface area contributed by atoms with Crippen molar-refractivity contribution in [2.45, 2.75) is 38.4 Å². The third kappa shape index (κ3) is 5.82. The molecule has 0 spiro atoms. The van der Waals surface area contributed by atoms with Crippen LogP contribution in [0.4, 0.5) is 0 Å². The fourth-order valence-electron chi connectivity index (χ4n) is 2.39. The lowest BCUT2D eigenvalue weighted by Crippen LogP contribution is -2.27. The van der Waals surface area contributed by atoms with Gasteiger partial charge < -0.3 is 10.1 Å². The van der Waals surface area contributed by atoms with Crippen LogP contribution in [-0.4, -0.2) is 41.0 Å². The highest BCUT2D eigenvalue weighted by Crippen LogP contribution is 2.20. The summed E-state index contributed by atoms with van der Waals surface area (Å²) < 4.78 is 7.85. The standard InChI is InChI=1S/C18H24BrN3O3S/c1-3-8-20-16(23)12-26-18-21-15-7-6-13(19)11-14(15)17(24)22(18)9-5-10-25-4-2/h6-7,11H,3-5,8-10,12H2,1-2H3,(H,20,23). The zero-order chi connectivity index (χ0) is 18.9. The van der Waals surface area contributed by atoms with E-state index in [0.717, 1.165) is 10.9 Å². The largest absolute Gasteiger partial charge is 0.382 e. The third-order valence-corrected chi connectivity index (χ3v) is 5.13. The topological polar surface area (TPSA) is 73.2 Å². The first-order chi connectivity index (χ1) is 12.6. The van der Waals surface area contributed by atoms with Gasteiger partial charge in [-0.05, 0) is 38.0 Å². The molecule has 8 heteroatoms. The summed E-state index contributed by atoms with van der Waals surface area (Å²) in [6.07, 6.45) is 1.60. The Balaban J connectivity index is 2.27. The zero-order valence-corrected chi connectivity index (χ0v) is 17.5. The molecule has 2 rings (SSSR count). The maximum Gasteiger partial charge on any atom is 0.262 e. The normalized spacial score (nSPS) is 11.0. The van der Waals surface area contributed by atoms with Crippen molar-refractivity contribution >= 4 is 44.5 Å². The SMILES string of the molecule is CCCNC(=O)CSc1nc2ccc(Br)cc2c(=O)n1CCCOCC. The second-order valence-electron chi connectivity index (χ2n) is 5.70. The minimum Gasteiger partial charge on any atom is -0.382 e. The summed E-state index contributed by atoms with van der Waals surface area (Å²) in [7, 11) is 0. The van der Waals surface area contributed by atoms with E-state index in [1.165, 1.54) is 11.8 Å². The Morgan fingerprint density at radius 3 is 2.92 bits per heavy atom. The number of amides is 1. The average Bonchev–Trinajstić information content (AvgIpc) is 2.64. The van der Waals surface area contributed by atoms with Crippen LogP contribution in [0.15, 0.2) is 32.6 Å². The molecule has 1 aromatic carbocycles. The predicted molar refractivity (Wildman–Crippen MR) is 109 cm³/mol. The number of nitrogens with one attached hydrogen (secondary N) is 1. The molecule has 0 radical (unpaired) electrons. The molecule has 0 bridgehead atoms. The van der Waals surface area contributed by atoms with Crippen molar-refractivity contribution in [2.24, 2.45) is 0 Å². The highest BCUT2D eigenvalue weighted by Gasteiger charge is 2.13. The number of aromatic nitrogens is 2. The summed E-state index contributed by atoms with van der Waals surface area (Å²) in [6.45, 7) is 6.34. The Bertz CT molecular complexity index is 810. The van der Waals surface area contributed by atoms with E-state index >= 15 is 0 Å². The number of hydrogen-bond donors (Lipinski definition) is 1. The summed E-state index contributed by atoms with van der Waals surface area (Å²) >= 11 is 4.69. The van der Waals surface area contributed by atoms with E-state index in [1.807, 2.05) is 26.0 Å². The van der Waals surface area contributed by atoms with Crippen LogP contribution in [-0.2, 0) is 16.1 Å². The molecule has 0 aliphatic rings. The number of thioether (sulfide) groups is 1. The van der Waals surface area contributed by atoms with Crippen molar-refractivity contribution in [3.8, 4) is 0 Å². The number of carbonyl (C=O) groups excluding carboxylic acids is 1. The fraction of sp³-hybridized carbons (Fsp3) is 0.500. The van der Waals surface area contributed by atoms with Gasteiger partial charge in [0.2, 0.25) is 5.91 Å². The van der Waals surface area contributed by atoms with Crippen LogP contribution in [0.5, 0.6) is 0 Å². The number of benzene rings is 1. The summed E-state index contributed by atoms with van der Waals surface area (Å²) in [6, 6.07) is 5.45. The van der Waals surface area contributed by atoms with Crippen LogP contribution in [0, 0.1) is 0 Å². The molecule has 26 heavy (non-hydrogen) atoms. The lowest BCUT2D eigenvalue weighted by molar-refractivity contribution is -0.118. The molecule has 2 aromatic rings. The predicted octanol–water partition coefficient (Wildman–Crippen LogP) is 3.20. The van der Waals surface area contributed by atoms with E-state index in [9.17, 15) is 9.59 Å². The van der Waals surface area contributed by atoms with E-state index in [1.54, 1.807) is 10.6 Å². The minimum absolute atomic E-state index is 0.0529. The highest BCUT2D eigenvalue weighted by molar-refractivity contribution is 9.10. The minimum atomic E-state index is -0.0933. The van der Waals surface area contributed by atoms with E-state index in [-0.39, 0.29) is 17.2 Å². The molecule has 142 valence electrons. The van der Waals surface area contributed by atoms with Gasteiger partial charge >= 0.3 is 0 Å². The zero-order valence-electron chi connectivity index (χ0n) is 15.1. The summed E-state index contributed by atoms with van der Waals surface area (Å²) in [5, 5.41) is 3.97. The summed E-state index contributed by atoms with van der Waals surface area (Å²) in [5.74, 6) is 0.183. The quantitative estimate of drug-likeness (QED) is 0.348. The van der Waals surface area contributed by atoms with E-state index in [0.29, 0.717) is 48.8 Å². The van der Waals surface area contributed by atoms with Gasteiger partial charge in [-0.25, -0.2) is 4.98 Å². The van der Waals surface area contributed by atoms with Gasteiger partial charge in [0, 0.05) is 30.8 Å². The Labute approximate surface area is 165 Å². The Morgan fingerprint density at radius 2 is 2.19 bits per heavy atom. The van der Waals surface area contributed by atoms with Gasteiger partial charge in [-0.3, -0.25) is 14.2 Å². The Morgan fingerprint density at radius 1 is 1.38 bits per heavy atom. The van der Waals surface area contributed by atoms with Crippen molar-refractivity contribution in [3.05, 3.63) is 33.0 Å². The molecule has 1 aromatic heterocycles. The van der Waals surface area contributed by atoms with E-state index in [2.05, 4.69) is 26.2 Å². The van der Waals surface area contributed by atoms with E-state index in [4.69, 9.17) is 4.74 Å². The maximum absolute atomic E-state index is 12.9. The molecule has 0 unspecified atom stereocenters. The Hall–Kier alpha value is -1.38. The van der Waals surface area contributed by atoms with Gasteiger partial charge in [0.05, 0.1) is 16.7 Å². The molecule has 1 heterocycles. The monoisotopic (exact) mass is 441 g/mol. The first-order valence-corrected chi connectivity index (χ1v) is 10.5. The van der Waals surface area contributed by atoms with Crippen molar-refractivity contribution in [2.75, 3.05) is 25.5 Å². The lowest BCUT2D eigenvalue weighted by Gasteiger charge is -2.13. The van der Waals surface area contributed by atoms with Crippen LogP contribution in [0.2, 0.25) is 0 Å². The van der Waals surface area contributed by atoms with Crippen LogP contribution < -0.4 is 10.9 Å². The van der Waals surface area contributed by atoms with Gasteiger partial charge in [-0.1, -0.05) is 34.6 Å². The van der Waals surface area contributed by atoms with Gasteiger partial charge in [0.25, 0.3) is 5.56 Å². The molecule has 0 saturated carbocycles. The lowest BCUT2D eigenvalue weighted by atomic mass is 10.2. The smallest absolute Gasteiger partial charge is 0.262 e. The molecule has 6 nitrogen and oxygen atoms in total. The van der Waals surface area contributed by atoms with Crippen molar-refractivity contribution in [3.63, 3.8) is 0 Å². The summed E-state index contributed by atoms with van der Waals surface area (Å²) in [4.78, 5) is 29.4. The number of hydrogen-bond acceptors (Lipinski definition) is 5. The first-order valence-electron chi connectivity index (χ1n) is 8.74. The molecule has 0 atom stereocenters. The molecular formula is C18H24BrN3O3S. The number of rotatable bonds is 10. The first kappa shape index (κ1) is 20.9. The third-order valence-electron chi connectivity index (χ3n) is 3.66. The number of ether oxygens (including phenoxy) is 1. The molecule has 0 saturated heterocycles. The Kier molecular flexibility index (Phi) is 8.61. The fourth-order valence-corrected chi connectivity index (χ4v) is 3.61. The second kappa shape index (κ2) is 10.7. The van der Waals surface area contributed by atoms with Crippen LogP contribution in [0.1, 0.15) is 26.7 Å². The molecule has 1 amide bonds. The summed E-state index contributed by atoms with van der Waals surface area (Å²) in [5.41, 5.74) is 0.542. The second-order valence-corrected chi connectivity index (χ2v) is 7.56. The van der Waals surface area contributed by atoms with Gasteiger partial charge in [0.1, 0.15) is 0 Å². The molecule has 0 aliphatic carbocycles. The number of halogens is 1. The van der Waals surface area contributed by atoms with Crippen molar-refractivity contribution < 1.29 is 9.53 Å². The van der Waals surface area contributed by atoms with Crippen molar-refractivity contribution in [1.29, 1.82) is 0 Å². The molecule has 0 fully saturated rings. The molecular weight excluding hydrogens is 418 g/mol.